The van der Waals surface area contributed by atoms with E-state index in [1.165, 1.54) is 0 Å². The summed E-state index contributed by atoms with van der Waals surface area (Å²) >= 11 is 12.1. The van der Waals surface area contributed by atoms with E-state index < -0.39 is 0 Å². The first-order valence-corrected chi connectivity index (χ1v) is 6.30. The van der Waals surface area contributed by atoms with Crippen LogP contribution >= 0.6 is 23.2 Å². The van der Waals surface area contributed by atoms with Crippen molar-refractivity contribution >= 4 is 34.8 Å². The molecule has 1 aromatic carbocycles. The first-order valence-electron chi connectivity index (χ1n) is 5.55. The monoisotopic (exact) mass is 272 g/mol. The molecule has 1 aliphatic rings. The maximum atomic E-state index is 11.9. The van der Waals surface area contributed by atoms with E-state index in [0.717, 1.165) is 25.1 Å². The summed E-state index contributed by atoms with van der Waals surface area (Å²) in [5, 5.41) is 7.10. The van der Waals surface area contributed by atoms with Crippen molar-refractivity contribution in [2.45, 2.75) is 13.3 Å². The Morgan fingerprint density at radius 1 is 1.41 bits per heavy atom. The fourth-order valence-electron chi connectivity index (χ4n) is 1.86. The molecule has 0 spiro atoms. The van der Waals surface area contributed by atoms with Gasteiger partial charge in [0, 0.05) is 11.6 Å². The Morgan fingerprint density at radius 3 is 2.82 bits per heavy atom. The molecule has 0 saturated carbocycles. The Hall–Kier alpha value is -0.770. The number of amides is 1. The Balaban J connectivity index is 2.12. The molecular weight excluding hydrogens is 259 g/mol. The molecule has 0 bridgehead atoms. The van der Waals surface area contributed by atoms with Gasteiger partial charge in [-0.1, -0.05) is 23.2 Å². The second-order valence-corrected chi connectivity index (χ2v) is 5.07. The molecule has 2 N–H and O–H groups in total. The van der Waals surface area contributed by atoms with Gasteiger partial charge >= 0.3 is 0 Å². The average molecular weight is 273 g/mol. The van der Waals surface area contributed by atoms with Crippen LogP contribution in [0.1, 0.15) is 12.0 Å². The summed E-state index contributed by atoms with van der Waals surface area (Å²) in [5.41, 5.74) is 1.48. The number of hydrogen-bond acceptors (Lipinski definition) is 2. The summed E-state index contributed by atoms with van der Waals surface area (Å²) in [6.45, 7) is 3.49. The Bertz CT molecular complexity index is 442. The molecule has 5 heteroatoms. The van der Waals surface area contributed by atoms with Crippen molar-refractivity contribution in [3.63, 3.8) is 0 Å². The average Bonchev–Trinajstić information content (AvgIpc) is 2.79. The fourth-order valence-corrected chi connectivity index (χ4v) is 2.28. The SMILES string of the molecule is Cc1cc(Cl)c(NC(=O)C2CCNC2)cc1Cl. The molecule has 17 heavy (non-hydrogen) atoms. The van der Waals surface area contributed by atoms with E-state index in [1.807, 2.05) is 6.92 Å². The number of carbonyl (C=O) groups excluding carboxylic acids is 1. The van der Waals surface area contributed by atoms with Crippen molar-refractivity contribution in [3.05, 3.63) is 27.7 Å². The van der Waals surface area contributed by atoms with Crippen molar-refractivity contribution in [2.24, 2.45) is 5.92 Å². The number of benzene rings is 1. The zero-order chi connectivity index (χ0) is 12.4. The van der Waals surface area contributed by atoms with Crippen LogP contribution < -0.4 is 10.6 Å². The van der Waals surface area contributed by atoms with Crippen LogP contribution in [-0.4, -0.2) is 19.0 Å². The van der Waals surface area contributed by atoms with Crippen molar-refractivity contribution in [1.82, 2.24) is 5.32 Å². The molecule has 2 rings (SSSR count). The predicted molar refractivity (Wildman–Crippen MR) is 70.8 cm³/mol. The lowest BCUT2D eigenvalue weighted by atomic mass is 10.1. The molecule has 1 aromatic rings. The topological polar surface area (TPSA) is 41.1 Å². The van der Waals surface area contributed by atoms with Gasteiger partial charge in [-0.15, -0.1) is 0 Å². The predicted octanol–water partition coefficient (Wildman–Crippen LogP) is 2.85. The Morgan fingerprint density at radius 2 is 2.18 bits per heavy atom. The number of nitrogens with one attached hydrogen (secondary N) is 2. The maximum absolute atomic E-state index is 11.9. The van der Waals surface area contributed by atoms with Crippen molar-refractivity contribution < 1.29 is 4.79 Å². The van der Waals surface area contributed by atoms with Gasteiger partial charge in [0.15, 0.2) is 0 Å². The second-order valence-electron chi connectivity index (χ2n) is 4.26. The van der Waals surface area contributed by atoms with Gasteiger partial charge in [-0.3, -0.25) is 4.79 Å². The standard InChI is InChI=1S/C12H14Cl2N2O/c1-7-4-10(14)11(5-9(7)13)16-12(17)8-2-3-15-6-8/h4-5,8,15H,2-3,6H2,1H3,(H,16,17). The normalized spacial score (nSPS) is 19.4. The lowest BCUT2D eigenvalue weighted by molar-refractivity contribution is -0.119. The second kappa shape index (κ2) is 5.25. The molecule has 92 valence electrons. The van der Waals surface area contributed by atoms with Crippen molar-refractivity contribution in [2.75, 3.05) is 18.4 Å². The van der Waals surface area contributed by atoms with Crippen LogP contribution in [0.3, 0.4) is 0 Å². The van der Waals surface area contributed by atoms with E-state index in [2.05, 4.69) is 10.6 Å². The molecule has 0 aromatic heterocycles. The molecule has 0 aliphatic carbocycles. The Kier molecular flexibility index (Phi) is 3.92. The molecule has 1 saturated heterocycles. The van der Waals surface area contributed by atoms with Crippen LogP contribution in [0.25, 0.3) is 0 Å². The third kappa shape index (κ3) is 2.92. The van der Waals surface area contributed by atoms with Gasteiger partial charge < -0.3 is 10.6 Å². The number of rotatable bonds is 2. The fraction of sp³-hybridized carbons (Fsp3) is 0.417. The van der Waals surface area contributed by atoms with Gasteiger partial charge in [0.05, 0.1) is 16.6 Å². The molecule has 1 amide bonds. The minimum atomic E-state index is -0.00294. The maximum Gasteiger partial charge on any atom is 0.228 e. The van der Waals surface area contributed by atoms with E-state index in [4.69, 9.17) is 23.2 Å². The summed E-state index contributed by atoms with van der Waals surface area (Å²) in [6, 6.07) is 3.45. The van der Waals surface area contributed by atoms with Crippen LogP contribution in [0, 0.1) is 12.8 Å². The summed E-state index contributed by atoms with van der Waals surface area (Å²) in [7, 11) is 0. The highest BCUT2D eigenvalue weighted by molar-refractivity contribution is 6.36. The molecule has 1 unspecified atom stereocenters. The van der Waals surface area contributed by atoms with Gasteiger partial charge in [-0.05, 0) is 37.6 Å². The van der Waals surface area contributed by atoms with E-state index in [-0.39, 0.29) is 11.8 Å². The summed E-state index contributed by atoms with van der Waals surface area (Å²) in [6.07, 6.45) is 0.864. The number of anilines is 1. The first-order chi connectivity index (χ1) is 8.08. The smallest absolute Gasteiger partial charge is 0.228 e. The van der Waals surface area contributed by atoms with Gasteiger partial charge in [0.1, 0.15) is 0 Å². The van der Waals surface area contributed by atoms with Crippen molar-refractivity contribution in [1.29, 1.82) is 0 Å². The third-order valence-electron chi connectivity index (χ3n) is 2.94. The highest BCUT2D eigenvalue weighted by Gasteiger charge is 2.23. The molecule has 3 nitrogen and oxygen atoms in total. The zero-order valence-electron chi connectivity index (χ0n) is 9.52. The first kappa shape index (κ1) is 12.7. The number of carbonyl (C=O) groups is 1. The largest absolute Gasteiger partial charge is 0.324 e. The summed E-state index contributed by atoms with van der Waals surface area (Å²) < 4.78 is 0. The summed E-state index contributed by atoms with van der Waals surface area (Å²) in [4.78, 5) is 11.9. The van der Waals surface area contributed by atoms with E-state index in [0.29, 0.717) is 15.7 Å². The van der Waals surface area contributed by atoms with Gasteiger partial charge in [0.25, 0.3) is 0 Å². The molecule has 1 atom stereocenters. The van der Waals surface area contributed by atoms with Crippen LogP contribution in [0.5, 0.6) is 0 Å². The van der Waals surface area contributed by atoms with Crippen LogP contribution in [0.4, 0.5) is 5.69 Å². The van der Waals surface area contributed by atoms with Gasteiger partial charge in [-0.2, -0.15) is 0 Å². The minimum absolute atomic E-state index is 0.00294. The Labute approximate surface area is 110 Å². The zero-order valence-corrected chi connectivity index (χ0v) is 11.0. The van der Waals surface area contributed by atoms with E-state index >= 15 is 0 Å². The van der Waals surface area contributed by atoms with Crippen LogP contribution in [0.2, 0.25) is 10.0 Å². The molecule has 1 heterocycles. The number of hydrogen-bond donors (Lipinski definition) is 2. The van der Waals surface area contributed by atoms with Gasteiger partial charge in [-0.25, -0.2) is 0 Å². The molecule has 1 aliphatic heterocycles. The quantitative estimate of drug-likeness (QED) is 0.870. The third-order valence-corrected chi connectivity index (χ3v) is 3.66. The summed E-state index contributed by atoms with van der Waals surface area (Å²) in [5.74, 6) is 0.0166. The number of aryl methyl sites for hydroxylation is 1. The highest BCUT2D eigenvalue weighted by atomic mass is 35.5. The lowest BCUT2D eigenvalue weighted by Gasteiger charge is -2.12. The number of halogens is 2. The minimum Gasteiger partial charge on any atom is -0.324 e. The molecule has 1 fully saturated rings. The van der Waals surface area contributed by atoms with Gasteiger partial charge in [0.2, 0.25) is 5.91 Å². The van der Waals surface area contributed by atoms with Crippen molar-refractivity contribution in [3.8, 4) is 0 Å². The van der Waals surface area contributed by atoms with Crippen LogP contribution in [-0.2, 0) is 4.79 Å². The highest BCUT2D eigenvalue weighted by Crippen LogP contribution is 2.29. The lowest BCUT2D eigenvalue weighted by Crippen LogP contribution is -2.24. The molecule has 0 radical (unpaired) electrons. The van der Waals surface area contributed by atoms with Crippen LogP contribution in [0.15, 0.2) is 12.1 Å². The molecular formula is C12H14Cl2N2O. The van der Waals surface area contributed by atoms with E-state index in [1.54, 1.807) is 12.1 Å². The van der Waals surface area contributed by atoms with E-state index in [9.17, 15) is 4.79 Å².